The summed E-state index contributed by atoms with van der Waals surface area (Å²) in [6.07, 6.45) is 0. The molecule has 2 radical (unpaired) electrons. The lowest BCUT2D eigenvalue weighted by Crippen LogP contribution is -2.48. The fourth-order valence-corrected chi connectivity index (χ4v) is 1.61. The van der Waals surface area contributed by atoms with Crippen molar-refractivity contribution in [3.8, 4) is 0 Å². The van der Waals surface area contributed by atoms with Gasteiger partial charge in [-0.3, -0.25) is 4.90 Å². The molecule has 0 heterocycles. The Labute approximate surface area is 96.0 Å². The van der Waals surface area contributed by atoms with Gasteiger partial charge in [-0.2, -0.15) is 0 Å². The summed E-state index contributed by atoms with van der Waals surface area (Å²) in [5, 5.41) is 4.20. The van der Waals surface area contributed by atoms with Gasteiger partial charge in [0.15, 0.2) is 6.67 Å². The van der Waals surface area contributed by atoms with E-state index in [0.29, 0.717) is 18.1 Å². The third kappa shape index (κ3) is 4.96. The Balaban J connectivity index is 4.48. The summed E-state index contributed by atoms with van der Waals surface area (Å²) >= 11 is 0. The molecule has 3 nitrogen and oxygen atoms in total. The van der Waals surface area contributed by atoms with Crippen molar-refractivity contribution in [3.05, 3.63) is 6.67 Å². The number of nitrogens with zero attached hydrogens (tertiary/aromatic N) is 3. The maximum Gasteiger partial charge on any atom is 0.162 e. The Kier molecular flexibility index (Phi) is 6.41. The fourth-order valence-electron chi connectivity index (χ4n) is 1.61. The van der Waals surface area contributed by atoms with Gasteiger partial charge in [0.05, 0.1) is 0 Å². The van der Waals surface area contributed by atoms with Gasteiger partial charge in [0.1, 0.15) is 0 Å². The molecule has 3 heteroatoms. The Morgan fingerprint density at radius 3 is 1.33 bits per heavy atom. The van der Waals surface area contributed by atoms with Crippen LogP contribution in [0.5, 0.6) is 0 Å². The highest BCUT2D eigenvalue weighted by Crippen LogP contribution is 2.13. The quantitative estimate of drug-likeness (QED) is 0.495. The third-order valence-electron chi connectivity index (χ3n) is 2.25. The van der Waals surface area contributed by atoms with Crippen molar-refractivity contribution in [1.82, 2.24) is 14.9 Å². The summed E-state index contributed by atoms with van der Waals surface area (Å²) in [6.45, 7) is 16.6. The van der Waals surface area contributed by atoms with Gasteiger partial charge in [0.25, 0.3) is 0 Å². The van der Waals surface area contributed by atoms with Crippen molar-refractivity contribution >= 4 is 0 Å². The lowest BCUT2D eigenvalue weighted by Gasteiger charge is -2.38. The largest absolute Gasteiger partial charge is 0.274 e. The topological polar surface area (TPSA) is 9.72 Å². The zero-order valence-electron chi connectivity index (χ0n) is 11.6. The number of hydrazine groups is 1. The van der Waals surface area contributed by atoms with E-state index < -0.39 is 0 Å². The van der Waals surface area contributed by atoms with Crippen LogP contribution in [0.2, 0.25) is 0 Å². The van der Waals surface area contributed by atoms with Crippen LogP contribution in [0.15, 0.2) is 0 Å². The number of rotatable bonds is 6. The summed E-state index contributed by atoms with van der Waals surface area (Å²) < 4.78 is 0. The molecule has 15 heavy (non-hydrogen) atoms. The van der Waals surface area contributed by atoms with Crippen molar-refractivity contribution < 1.29 is 0 Å². The van der Waals surface area contributed by atoms with Gasteiger partial charge in [0.2, 0.25) is 0 Å². The molecule has 0 bridgehead atoms. The zero-order valence-corrected chi connectivity index (χ0v) is 11.6. The average Bonchev–Trinajstić information content (AvgIpc) is 2.01. The lowest BCUT2D eigenvalue weighted by molar-refractivity contribution is -0.0232. The first-order chi connectivity index (χ1) is 6.77. The Morgan fingerprint density at radius 2 is 1.13 bits per heavy atom. The molecular weight excluding hydrogens is 186 g/mol. The minimum atomic E-state index is 0.431. The maximum atomic E-state index is 3.44. The molecule has 0 aliphatic heterocycles. The van der Waals surface area contributed by atoms with Gasteiger partial charge in [-0.25, -0.2) is 10.0 Å². The predicted octanol–water partition coefficient (Wildman–Crippen LogP) is 2.29. The summed E-state index contributed by atoms with van der Waals surface area (Å²) in [5.41, 5.74) is 0. The van der Waals surface area contributed by atoms with Crippen LogP contribution in [-0.4, -0.2) is 47.1 Å². The summed E-state index contributed by atoms with van der Waals surface area (Å²) in [5.74, 6) is 0. The third-order valence-corrected chi connectivity index (χ3v) is 2.25. The van der Waals surface area contributed by atoms with Crippen LogP contribution in [0.1, 0.15) is 41.5 Å². The standard InChI is InChI=1S/C12H27N3/c1-10(2)14(11(3)4)9-15(12(5)6)13(7)8/h10-12H,1-8H3. The van der Waals surface area contributed by atoms with Gasteiger partial charge in [0, 0.05) is 32.2 Å². The van der Waals surface area contributed by atoms with Crippen LogP contribution in [0.25, 0.3) is 0 Å². The number of hydrogen-bond acceptors (Lipinski definition) is 3. The van der Waals surface area contributed by atoms with Gasteiger partial charge in [-0.05, 0) is 41.5 Å². The van der Waals surface area contributed by atoms with Crippen molar-refractivity contribution in [3.63, 3.8) is 0 Å². The van der Waals surface area contributed by atoms with Crippen LogP contribution in [0.4, 0.5) is 0 Å². The van der Waals surface area contributed by atoms with Crippen LogP contribution >= 0.6 is 0 Å². The molecule has 0 N–H and O–H groups in total. The van der Waals surface area contributed by atoms with Gasteiger partial charge >= 0.3 is 0 Å². The minimum Gasteiger partial charge on any atom is -0.274 e. The molecule has 0 rings (SSSR count). The summed E-state index contributed by atoms with van der Waals surface area (Å²) in [4.78, 5) is 2.25. The Bertz CT molecular complexity index is 130. The molecule has 0 fully saturated rings. The van der Waals surface area contributed by atoms with Crippen LogP contribution in [0, 0.1) is 6.67 Å². The second kappa shape index (κ2) is 6.46. The first kappa shape index (κ1) is 14.9. The lowest BCUT2D eigenvalue weighted by atomic mass is 10.2. The average molecular weight is 213 g/mol. The molecule has 0 atom stereocenters. The van der Waals surface area contributed by atoms with Crippen molar-refractivity contribution in [1.29, 1.82) is 0 Å². The van der Waals surface area contributed by atoms with E-state index in [1.165, 1.54) is 0 Å². The van der Waals surface area contributed by atoms with E-state index in [1.807, 2.05) is 14.1 Å². The van der Waals surface area contributed by atoms with Crippen LogP contribution in [-0.2, 0) is 0 Å². The first-order valence-corrected chi connectivity index (χ1v) is 5.78. The second-order valence-corrected chi connectivity index (χ2v) is 4.98. The van der Waals surface area contributed by atoms with Crippen molar-refractivity contribution in [2.45, 2.75) is 59.7 Å². The summed E-state index contributed by atoms with van der Waals surface area (Å²) in [7, 11) is 4.09. The molecule has 0 saturated heterocycles. The molecule has 0 aliphatic carbocycles. The fraction of sp³-hybridized carbons (Fsp3) is 0.917. The van der Waals surface area contributed by atoms with E-state index in [4.69, 9.17) is 0 Å². The molecule has 0 saturated carbocycles. The first-order valence-electron chi connectivity index (χ1n) is 5.78. The SMILES string of the molecule is CC(C)N([C]N(C(C)C)N(C)C)C(C)C. The van der Waals surface area contributed by atoms with Gasteiger partial charge < -0.3 is 0 Å². The molecular formula is C12H27N3. The minimum absolute atomic E-state index is 0.431. The van der Waals surface area contributed by atoms with E-state index in [9.17, 15) is 0 Å². The van der Waals surface area contributed by atoms with E-state index in [1.54, 1.807) is 0 Å². The highest BCUT2D eigenvalue weighted by Gasteiger charge is 2.21. The highest BCUT2D eigenvalue weighted by molar-refractivity contribution is 4.77. The normalized spacial score (nSPS) is 13.2. The molecule has 90 valence electrons. The van der Waals surface area contributed by atoms with Gasteiger partial charge in [-0.1, -0.05) is 0 Å². The molecule has 0 aromatic carbocycles. The van der Waals surface area contributed by atoms with Gasteiger partial charge in [-0.15, -0.1) is 0 Å². The monoisotopic (exact) mass is 213 g/mol. The van der Waals surface area contributed by atoms with E-state index in [-0.39, 0.29) is 0 Å². The van der Waals surface area contributed by atoms with Crippen molar-refractivity contribution in [2.24, 2.45) is 0 Å². The summed E-state index contributed by atoms with van der Waals surface area (Å²) in [6, 6.07) is 1.39. The van der Waals surface area contributed by atoms with E-state index in [0.717, 1.165) is 0 Å². The number of hydrogen-bond donors (Lipinski definition) is 0. The van der Waals surface area contributed by atoms with E-state index in [2.05, 4.69) is 63.1 Å². The maximum absolute atomic E-state index is 3.44. The smallest absolute Gasteiger partial charge is 0.162 e. The second-order valence-electron chi connectivity index (χ2n) is 4.98. The zero-order chi connectivity index (χ0) is 12.2. The van der Waals surface area contributed by atoms with Crippen molar-refractivity contribution in [2.75, 3.05) is 14.1 Å². The predicted molar refractivity (Wildman–Crippen MR) is 66.0 cm³/mol. The molecule has 0 aromatic rings. The van der Waals surface area contributed by atoms with E-state index >= 15 is 0 Å². The highest BCUT2D eigenvalue weighted by atomic mass is 15.6. The Morgan fingerprint density at radius 1 is 0.733 bits per heavy atom. The van der Waals surface area contributed by atoms with Crippen LogP contribution in [0.3, 0.4) is 0 Å². The molecule has 0 aliphatic rings. The molecule has 0 spiro atoms. The molecule has 0 aromatic heterocycles. The van der Waals surface area contributed by atoms with Crippen LogP contribution < -0.4 is 0 Å². The Hall–Kier alpha value is -0.120. The molecule has 0 amide bonds. The molecule has 0 unspecified atom stereocenters.